The molecule has 1 aliphatic carbocycles. The predicted octanol–water partition coefficient (Wildman–Crippen LogP) is 4.24. The maximum absolute atomic E-state index is 10.2. The van der Waals surface area contributed by atoms with Gasteiger partial charge in [-0.3, -0.25) is 0 Å². The summed E-state index contributed by atoms with van der Waals surface area (Å²) in [6, 6.07) is 9.53. The van der Waals surface area contributed by atoms with Crippen molar-refractivity contribution in [3.8, 4) is 23.0 Å². The minimum Gasteiger partial charge on any atom is -0.504 e. The number of hydrogen-bond donors (Lipinski definition) is 2. The van der Waals surface area contributed by atoms with Crippen molar-refractivity contribution in [3.63, 3.8) is 0 Å². The number of methoxy groups -OCH3 is 3. The van der Waals surface area contributed by atoms with Crippen molar-refractivity contribution >= 4 is 5.69 Å². The van der Waals surface area contributed by atoms with Crippen LogP contribution in [-0.4, -0.2) is 26.4 Å². The summed E-state index contributed by atoms with van der Waals surface area (Å²) in [7, 11) is 4.93. The number of rotatable bonds is 4. The number of hydrogen-bond acceptors (Lipinski definition) is 5. The van der Waals surface area contributed by atoms with Crippen LogP contribution in [0.3, 0.4) is 0 Å². The SMILES string of the molecule is COc1ccc(C2Nc3c(OC)ccc(OC)c3C3C=CCC32)cc1O. The highest BCUT2D eigenvalue weighted by molar-refractivity contribution is 5.72. The Morgan fingerprint density at radius 2 is 1.65 bits per heavy atom. The van der Waals surface area contributed by atoms with Crippen LogP contribution in [0.5, 0.6) is 23.0 Å². The third-order valence-electron chi connectivity index (χ3n) is 5.44. The molecule has 26 heavy (non-hydrogen) atoms. The Morgan fingerprint density at radius 3 is 2.35 bits per heavy atom. The van der Waals surface area contributed by atoms with Gasteiger partial charge in [0, 0.05) is 11.5 Å². The Labute approximate surface area is 153 Å². The quantitative estimate of drug-likeness (QED) is 0.805. The Bertz CT molecular complexity index is 861. The Morgan fingerprint density at radius 1 is 0.962 bits per heavy atom. The molecule has 0 aromatic heterocycles. The van der Waals surface area contributed by atoms with E-state index >= 15 is 0 Å². The van der Waals surface area contributed by atoms with Crippen molar-refractivity contribution < 1.29 is 19.3 Å². The zero-order valence-corrected chi connectivity index (χ0v) is 15.2. The summed E-state index contributed by atoms with van der Waals surface area (Å²) in [4.78, 5) is 0. The van der Waals surface area contributed by atoms with Gasteiger partial charge in [0.2, 0.25) is 0 Å². The summed E-state index contributed by atoms with van der Waals surface area (Å²) in [6.45, 7) is 0. The molecule has 2 aromatic carbocycles. The highest BCUT2D eigenvalue weighted by atomic mass is 16.5. The molecular weight excluding hydrogens is 330 g/mol. The van der Waals surface area contributed by atoms with E-state index in [1.165, 1.54) is 0 Å². The number of aromatic hydroxyl groups is 1. The number of allylic oxidation sites excluding steroid dienone is 2. The van der Waals surface area contributed by atoms with Crippen LogP contribution in [0.25, 0.3) is 0 Å². The lowest BCUT2D eigenvalue weighted by atomic mass is 9.76. The van der Waals surface area contributed by atoms with Crippen LogP contribution in [0.1, 0.15) is 29.5 Å². The first-order valence-electron chi connectivity index (χ1n) is 8.73. The Kier molecular flexibility index (Phi) is 4.15. The molecule has 0 fully saturated rings. The second kappa shape index (κ2) is 6.48. The van der Waals surface area contributed by atoms with Crippen LogP contribution in [0, 0.1) is 5.92 Å². The average Bonchev–Trinajstić information content (AvgIpc) is 3.16. The van der Waals surface area contributed by atoms with Gasteiger partial charge in [0.05, 0.1) is 33.1 Å². The molecular formula is C21H23NO4. The summed E-state index contributed by atoms with van der Waals surface area (Å²) in [5.41, 5.74) is 3.12. The minimum atomic E-state index is 0.0558. The molecule has 1 aliphatic heterocycles. The molecule has 0 saturated heterocycles. The molecule has 5 nitrogen and oxygen atoms in total. The molecule has 3 atom stereocenters. The molecule has 1 heterocycles. The smallest absolute Gasteiger partial charge is 0.160 e. The monoisotopic (exact) mass is 353 g/mol. The van der Waals surface area contributed by atoms with E-state index in [2.05, 4.69) is 17.5 Å². The van der Waals surface area contributed by atoms with Crippen LogP contribution in [0.4, 0.5) is 5.69 Å². The molecule has 0 bridgehead atoms. The van der Waals surface area contributed by atoms with E-state index in [-0.39, 0.29) is 17.7 Å². The molecule has 0 amide bonds. The van der Waals surface area contributed by atoms with Crippen molar-refractivity contribution in [3.05, 3.63) is 53.6 Å². The van der Waals surface area contributed by atoms with Crippen LogP contribution >= 0.6 is 0 Å². The topological polar surface area (TPSA) is 60.0 Å². The normalized spacial score (nSPS) is 23.0. The standard InChI is InChI=1S/C21H23NO4/c1-24-16-8-7-12(11-15(16)23)20-14-6-4-5-13(14)19-17(25-2)9-10-18(26-3)21(19)22-20/h4-5,7-11,13-14,20,22-23H,6H2,1-3H3. The third kappa shape index (κ3) is 2.46. The van der Waals surface area contributed by atoms with E-state index in [4.69, 9.17) is 14.2 Å². The predicted molar refractivity (Wildman–Crippen MR) is 101 cm³/mol. The maximum atomic E-state index is 10.2. The molecule has 2 N–H and O–H groups in total. The third-order valence-corrected chi connectivity index (χ3v) is 5.44. The van der Waals surface area contributed by atoms with E-state index in [1.54, 1.807) is 27.4 Å². The fourth-order valence-corrected chi connectivity index (χ4v) is 4.23. The molecule has 3 unspecified atom stereocenters. The largest absolute Gasteiger partial charge is 0.504 e. The number of fused-ring (bicyclic) bond motifs is 3. The highest BCUT2D eigenvalue weighted by Gasteiger charge is 2.41. The summed E-state index contributed by atoms with van der Waals surface area (Å²) in [5.74, 6) is 2.87. The first kappa shape index (κ1) is 16.6. The zero-order chi connectivity index (χ0) is 18.3. The fraction of sp³-hybridized carbons (Fsp3) is 0.333. The van der Waals surface area contributed by atoms with Gasteiger partial charge in [0.1, 0.15) is 11.5 Å². The lowest BCUT2D eigenvalue weighted by molar-refractivity contribution is 0.364. The summed E-state index contributed by atoms with van der Waals surface area (Å²) in [6.07, 6.45) is 5.44. The lowest BCUT2D eigenvalue weighted by Crippen LogP contribution is -2.29. The zero-order valence-electron chi connectivity index (χ0n) is 15.2. The second-order valence-electron chi connectivity index (χ2n) is 6.67. The maximum Gasteiger partial charge on any atom is 0.160 e. The first-order valence-corrected chi connectivity index (χ1v) is 8.73. The molecule has 0 saturated carbocycles. The van der Waals surface area contributed by atoms with E-state index < -0.39 is 0 Å². The van der Waals surface area contributed by atoms with Gasteiger partial charge in [0.15, 0.2) is 11.5 Å². The van der Waals surface area contributed by atoms with Crippen LogP contribution in [0.15, 0.2) is 42.5 Å². The number of ether oxygens (including phenoxy) is 3. The van der Waals surface area contributed by atoms with Crippen LogP contribution in [-0.2, 0) is 0 Å². The van der Waals surface area contributed by atoms with Gasteiger partial charge in [0.25, 0.3) is 0 Å². The Hall–Kier alpha value is -2.82. The van der Waals surface area contributed by atoms with Crippen molar-refractivity contribution in [1.82, 2.24) is 0 Å². The average molecular weight is 353 g/mol. The number of phenolic OH excluding ortho intramolecular Hbond substituents is 1. The van der Waals surface area contributed by atoms with Gasteiger partial charge in [-0.2, -0.15) is 0 Å². The fourth-order valence-electron chi connectivity index (χ4n) is 4.23. The highest BCUT2D eigenvalue weighted by Crippen LogP contribution is 2.55. The van der Waals surface area contributed by atoms with E-state index in [0.29, 0.717) is 11.7 Å². The van der Waals surface area contributed by atoms with Gasteiger partial charge in [-0.1, -0.05) is 18.2 Å². The van der Waals surface area contributed by atoms with E-state index in [0.717, 1.165) is 34.7 Å². The lowest BCUT2D eigenvalue weighted by Gasteiger charge is -2.38. The second-order valence-corrected chi connectivity index (χ2v) is 6.67. The first-order chi connectivity index (χ1) is 12.7. The molecule has 2 aromatic rings. The summed E-state index contributed by atoms with van der Waals surface area (Å²) in [5, 5.41) is 13.9. The number of nitrogens with one attached hydrogen (secondary N) is 1. The van der Waals surface area contributed by atoms with Gasteiger partial charge in [-0.05, 0) is 42.2 Å². The van der Waals surface area contributed by atoms with Crippen molar-refractivity contribution in [2.75, 3.05) is 26.6 Å². The van der Waals surface area contributed by atoms with E-state index in [9.17, 15) is 5.11 Å². The summed E-state index contributed by atoms with van der Waals surface area (Å²) < 4.78 is 16.4. The Balaban J connectivity index is 1.83. The number of anilines is 1. The van der Waals surface area contributed by atoms with Crippen molar-refractivity contribution in [2.45, 2.75) is 18.4 Å². The van der Waals surface area contributed by atoms with E-state index in [1.807, 2.05) is 24.3 Å². The number of benzene rings is 2. The minimum absolute atomic E-state index is 0.0558. The molecule has 4 rings (SSSR count). The number of phenols is 1. The van der Waals surface area contributed by atoms with Gasteiger partial charge in [-0.25, -0.2) is 0 Å². The summed E-state index contributed by atoms with van der Waals surface area (Å²) >= 11 is 0. The van der Waals surface area contributed by atoms with Crippen molar-refractivity contribution in [1.29, 1.82) is 0 Å². The van der Waals surface area contributed by atoms with Gasteiger partial charge >= 0.3 is 0 Å². The van der Waals surface area contributed by atoms with Gasteiger partial charge < -0.3 is 24.6 Å². The molecule has 0 spiro atoms. The molecule has 2 aliphatic rings. The van der Waals surface area contributed by atoms with Gasteiger partial charge in [-0.15, -0.1) is 0 Å². The molecule has 5 heteroatoms. The van der Waals surface area contributed by atoms with Crippen LogP contribution < -0.4 is 19.5 Å². The molecule has 0 radical (unpaired) electrons. The van der Waals surface area contributed by atoms with Crippen LogP contribution in [0.2, 0.25) is 0 Å². The van der Waals surface area contributed by atoms with Crippen molar-refractivity contribution in [2.24, 2.45) is 5.92 Å². The molecule has 136 valence electrons.